The van der Waals surface area contributed by atoms with Crippen molar-refractivity contribution in [3.63, 3.8) is 0 Å². The summed E-state index contributed by atoms with van der Waals surface area (Å²) in [5.74, 6) is 0.480. The Bertz CT molecular complexity index is 856. The minimum Gasteiger partial charge on any atom is -0.485 e. The molecule has 3 rings (SSSR count). The Labute approximate surface area is 147 Å². The number of benzene rings is 1. The number of fused-ring (bicyclic) bond motifs is 1. The van der Waals surface area contributed by atoms with Crippen LogP contribution in [0.25, 0.3) is 10.9 Å². The third-order valence-corrected chi connectivity index (χ3v) is 4.12. The zero-order valence-corrected chi connectivity index (χ0v) is 14.6. The van der Waals surface area contributed by atoms with Gasteiger partial charge in [-0.3, -0.25) is 4.98 Å². The van der Waals surface area contributed by atoms with Crippen LogP contribution in [0.2, 0.25) is 0 Å². The molecular formula is C19H20ClFN2O. The first-order valence-electron chi connectivity index (χ1n) is 7.53. The molecule has 0 atom stereocenters. The van der Waals surface area contributed by atoms with Crippen molar-refractivity contribution in [2.75, 3.05) is 0 Å². The van der Waals surface area contributed by atoms with Gasteiger partial charge in [-0.1, -0.05) is 18.2 Å². The predicted molar refractivity (Wildman–Crippen MR) is 97.4 cm³/mol. The predicted octanol–water partition coefficient (Wildman–Crippen LogP) is 4.98. The van der Waals surface area contributed by atoms with E-state index in [-0.39, 0.29) is 18.2 Å². The monoisotopic (exact) mass is 346 g/mol. The molecule has 5 heteroatoms. The minimum atomic E-state index is -0.247. The topological polar surface area (TPSA) is 27.1 Å². The molecule has 0 spiro atoms. The first kappa shape index (κ1) is 18.0. The molecule has 3 aromatic rings. The molecule has 0 amide bonds. The average molecular weight is 347 g/mol. The summed E-state index contributed by atoms with van der Waals surface area (Å²) in [6.07, 6.45) is 5.46. The second kappa shape index (κ2) is 7.49. The van der Waals surface area contributed by atoms with Crippen LogP contribution >= 0.6 is 12.4 Å². The van der Waals surface area contributed by atoms with Crippen LogP contribution in [0.3, 0.4) is 0 Å². The Balaban J connectivity index is 0.00000208. The van der Waals surface area contributed by atoms with Crippen molar-refractivity contribution in [1.82, 2.24) is 9.55 Å². The van der Waals surface area contributed by atoms with Gasteiger partial charge < -0.3 is 9.30 Å². The van der Waals surface area contributed by atoms with Gasteiger partial charge in [-0.15, -0.1) is 19.0 Å². The Hall–Kier alpha value is -2.33. The van der Waals surface area contributed by atoms with E-state index in [1.807, 2.05) is 12.3 Å². The standard InChI is InChI=1S/C19H19FN2O.ClH/c1-4-9-22-14(3)13(2)17-10-21-11-18(19(17)22)23-12-15-5-7-16(20)8-6-15;/h4-8,10-11H,1,9,12H2,2-3H3;1H. The second-order valence-electron chi connectivity index (χ2n) is 5.56. The lowest BCUT2D eigenvalue weighted by molar-refractivity contribution is 0.307. The maximum absolute atomic E-state index is 13.0. The number of aryl methyl sites for hydroxylation is 1. The van der Waals surface area contributed by atoms with E-state index in [4.69, 9.17) is 4.74 Å². The zero-order valence-electron chi connectivity index (χ0n) is 13.8. The molecule has 0 saturated carbocycles. The third kappa shape index (κ3) is 3.29. The van der Waals surface area contributed by atoms with Crippen LogP contribution in [0.5, 0.6) is 5.75 Å². The minimum absolute atomic E-state index is 0. The van der Waals surface area contributed by atoms with Crippen LogP contribution in [-0.4, -0.2) is 9.55 Å². The van der Waals surface area contributed by atoms with E-state index in [0.29, 0.717) is 13.2 Å². The maximum atomic E-state index is 13.0. The van der Waals surface area contributed by atoms with Gasteiger partial charge in [-0.2, -0.15) is 0 Å². The molecule has 0 radical (unpaired) electrons. The van der Waals surface area contributed by atoms with E-state index in [0.717, 1.165) is 22.2 Å². The number of allylic oxidation sites excluding steroid dienone is 1. The van der Waals surface area contributed by atoms with Crippen LogP contribution in [0.15, 0.2) is 49.3 Å². The summed E-state index contributed by atoms with van der Waals surface area (Å²) in [4.78, 5) is 4.29. The molecule has 3 nitrogen and oxygen atoms in total. The number of nitrogens with zero attached hydrogens (tertiary/aromatic N) is 2. The molecule has 0 fully saturated rings. The molecule has 2 aromatic heterocycles. The zero-order chi connectivity index (χ0) is 16.4. The van der Waals surface area contributed by atoms with Crippen LogP contribution in [0.4, 0.5) is 4.39 Å². The summed E-state index contributed by atoms with van der Waals surface area (Å²) in [5, 5.41) is 1.08. The molecule has 0 aliphatic rings. The van der Waals surface area contributed by atoms with Crippen molar-refractivity contribution in [3.05, 3.63) is 72.0 Å². The lowest BCUT2D eigenvalue weighted by atomic mass is 10.2. The van der Waals surface area contributed by atoms with E-state index in [1.165, 1.54) is 23.4 Å². The van der Waals surface area contributed by atoms with E-state index in [1.54, 1.807) is 18.3 Å². The van der Waals surface area contributed by atoms with Crippen molar-refractivity contribution < 1.29 is 9.13 Å². The Morgan fingerprint density at radius 2 is 1.92 bits per heavy atom. The molecule has 1 aromatic carbocycles. The summed E-state index contributed by atoms with van der Waals surface area (Å²) in [6, 6.07) is 6.32. The van der Waals surface area contributed by atoms with Gasteiger partial charge in [0, 0.05) is 23.8 Å². The first-order chi connectivity index (χ1) is 11.1. The Morgan fingerprint density at radius 3 is 2.58 bits per heavy atom. The highest BCUT2D eigenvalue weighted by Crippen LogP contribution is 2.32. The number of ether oxygens (including phenoxy) is 1. The number of hydrogen-bond acceptors (Lipinski definition) is 2. The Morgan fingerprint density at radius 1 is 1.21 bits per heavy atom. The lowest BCUT2D eigenvalue weighted by Crippen LogP contribution is -2.01. The third-order valence-electron chi connectivity index (χ3n) is 4.12. The van der Waals surface area contributed by atoms with Gasteiger partial charge in [-0.25, -0.2) is 4.39 Å². The number of hydrogen-bond donors (Lipinski definition) is 0. The molecule has 0 bridgehead atoms. The van der Waals surface area contributed by atoms with Gasteiger partial charge in [0.1, 0.15) is 12.4 Å². The molecule has 0 aliphatic heterocycles. The SMILES string of the molecule is C=CCn1c(C)c(C)c2cncc(OCc3ccc(F)cc3)c21.Cl. The van der Waals surface area contributed by atoms with Crippen LogP contribution in [0.1, 0.15) is 16.8 Å². The van der Waals surface area contributed by atoms with Crippen molar-refractivity contribution in [1.29, 1.82) is 0 Å². The Kier molecular flexibility index (Phi) is 5.62. The maximum Gasteiger partial charge on any atom is 0.162 e. The van der Waals surface area contributed by atoms with Crippen LogP contribution in [0, 0.1) is 19.7 Å². The fourth-order valence-corrected chi connectivity index (χ4v) is 2.76. The van der Waals surface area contributed by atoms with E-state index >= 15 is 0 Å². The van der Waals surface area contributed by atoms with Crippen molar-refractivity contribution in [2.45, 2.75) is 27.0 Å². The molecule has 24 heavy (non-hydrogen) atoms. The quantitative estimate of drug-likeness (QED) is 0.609. The summed E-state index contributed by atoms with van der Waals surface area (Å²) in [6.45, 7) is 9.09. The number of rotatable bonds is 5. The van der Waals surface area contributed by atoms with Gasteiger partial charge in [0.2, 0.25) is 0 Å². The molecule has 126 valence electrons. The van der Waals surface area contributed by atoms with E-state index < -0.39 is 0 Å². The molecule has 0 N–H and O–H groups in total. The highest BCUT2D eigenvalue weighted by molar-refractivity contribution is 5.89. The van der Waals surface area contributed by atoms with Gasteiger partial charge in [0.15, 0.2) is 5.75 Å². The lowest BCUT2D eigenvalue weighted by Gasteiger charge is -2.11. The summed E-state index contributed by atoms with van der Waals surface area (Å²) < 4.78 is 21.1. The number of pyridine rings is 1. The van der Waals surface area contributed by atoms with Crippen molar-refractivity contribution >= 4 is 23.3 Å². The largest absolute Gasteiger partial charge is 0.485 e. The number of halogens is 2. The van der Waals surface area contributed by atoms with E-state index in [2.05, 4.69) is 30.0 Å². The fourth-order valence-electron chi connectivity index (χ4n) is 2.76. The average Bonchev–Trinajstić information content (AvgIpc) is 2.80. The first-order valence-corrected chi connectivity index (χ1v) is 7.53. The molecule has 0 aliphatic carbocycles. The highest BCUT2D eigenvalue weighted by atomic mass is 35.5. The fraction of sp³-hybridized carbons (Fsp3) is 0.211. The molecule has 2 heterocycles. The van der Waals surface area contributed by atoms with Gasteiger partial charge in [0.05, 0.1) is 11.7 Å². The van der Waals surface area contributed by atoms with Crippen molar-refractivity contribution in [3.8, 4) is 5.75 Å². The molecule has 0 saturated heterocycles. The normalized spacial score (nSPS) is 10.5. The number of aromatic nitrogens is 2. The smallest absolute Gasteiger partial charge is 0.162 e. The van der Waals surface area contributed by atoms with Crippen LogP contribution < -0.4 is 4.74 Å². The van der Waals surface area contributed by atoms with Gasteiger partial charge in [-0.05, 0) is 37.1 Å². The van der Waals surface area contributed by atoms with Gasteiger partial charge >= 0.3 is 0 Å². The van der Waals surface area contributed by atoms with Crippen LogP contribution in [-0.2, 0) is 13.2 Å². The van der Waals surface area contributed by atoms with Gasteiger partial charge in [0.25, 0.3) is 0 Å². The highest BCUT2D eigenvalue weighted by Gasteiger charge is 2.15. The molecule has 0 unspecified atom stereocenters. The summed E-state index contributed by atoms with van der Waals surface area (Å²) >= 11 is 0. The van der Waals surface area contributed by atoms with E-state index in [9.17, 15) is 4.39 Å². The summed E-state index contributed by atoms with van der Waals surface area (Å²) in [7, 11) is 0. The van der Waals surface area contributed by atoms with Crippen molar-refractivity contribution in [2.24, 2.45) is 0 Å². The molecular weight excluding hydrogens is 327 g/mol. The second-order valence-corrected chi connectivity index (χ2v) is 5.56. The summed E-state index contributed by atoms with van der Waals surface area (Å²) in [5.41, 5.74) is 4.32.